The zero-order chi connectivity index (χ0) is 28.4. The summed E-state index contributed by atoms with van der Waals surface area (Å²) in [4.78, 5) is 37.6. The molecule has 0 saturated carbocycles. The number of alkyl halides is 3. The van der Waals surface area contributed by atoms with E-state index < -0.39 is 60.1 Å². The van der Waals surface area contributed by atoms with E-state index in [1.54, 1.807) is 46.8 Å². The molecule has 0 aromatic heterocycles. The quantitative estimate of drug-likeness (QED) is 0.304. The molecule has 0 aliphatic carbocycles. The summed E-state index contributed by atoms with van der Waals surface area (Å²) in [6, 6.07) is 2.72. The number of benzene rings is 1. The van der Waals surface area contributed by atoms with E-state index in [1.165, 1.54) is 19.2 Å². The third-order valence-electron chi connectivity index (χ3n) is 5.28. The average Bonchev–Trinajstić information content (AvgIpc) is 2.77. The fraction of sp³-hybridized carbons (Fsp3) is 0.640. The molecule has 0 fully saturated rings. The Balaban J connectivity index is 2.89. The highest BCUT2D eigenvalue weighted by molar-refractivity contribution is 5.90. The number of carbonyl (C=O) groups excluding carboxylic acids is 3. The molecule has 1 aromatic rings. The number of methoxy groups -OCH3 is 1. The maximum atomic E-state index is 13.1. The summed E-state index contributed by atoms with van der Waals surface area (Å²) < 4.78 is 49.3. The minimum Gasteiger partial charge on any atom is -0.497 e. The van der Waals surface area contributed by atoms with Crippen molar-refractivity contribution >= 4 is 17.9 Å². The van der Waals surface area contributed by atoms with Crippen LogP contribution >= 0.6 is 0 Å². The summed E-state index contributed by atoms with van der Waals surface area (Å²) >= 11 is 0. The number of hydrogen-bond donors (Lipinski definition) is 4. The molecular formula is C25H39F3N4O5. The van der Waals surface area contributed by atoms with E-state index in [1.807, 2.05) is 0 Å². The highest BCUT2D eigenvalue weighted by Gasteiger charge is 2.35. The third kappa shape index (κ3) is 12.7. The van der Waals surface area contributed by atoms with Gasteiger partial charge in [0.15, 0.2) is 0 Å². The van der Waals surface area contributed by atoms with Crippen LogP contribution in [0.5, 0.6) is 5.75 Å². The van der Waals surface area contributed by atoms with E-state index in [4.69, 9.17) is 15.2 Å². The van der Waals surface area contributed by atoms with Gasteiger partial charge in [-0.05, 0) is 57.2 Å². The van der Waals surface area contributed by atoms with Gasteiger partial charge in [-0.3, -0.25) is 9.59 Å². The number of carbonyl (C=O) groups is 3. The molecule has 0 radical (unpaired) electrons. The molecule has 210 valence electrons. The highest BCUT2D eigenvalue weighted by Crippen LogP contribution is 2.26. The van der Waals surface area contributed by atoms with Gasteiger partial charge in [0.1, 0.15) is 17.4 Å². The Kier molecular flexibility index (Phi) is 12.2. The van der Waals surface area contributed by atoms with Gasteiger partial charge < -0.3 is 31.2 Å². The molecule has 1 aromatic carbocycles. The molecule has 0 aliphatic rings. The number of ether oxygens (including phenoxy) is 2. The average molecular weight is 533 g/mol. The number of halogens is 3. The fourth-order valence-corrected chi connectivity index (χ4v) is 3.27. The molecule has 9 nitrogen and oxygen atoms in total. The van der Waals surface area contributed by atoms with E-state index >= 15 is 0 Å². The summed E-state index contributed by atoms with van der Waals surface area (Å²) in [6.07, 6.45) is -5.74. The summed E-state index contributed by atoms with van der Waals surface area (Å²) in [7, 11) is 1.46. The largest absolute Gasteiger partial charge is 0.497 e. The zero-order valence-corrected chi connectivity index (χ0v) is 22.2. The standard InChI is InChI=1S/C25H39F3N4O5/c1-15(2)19(14-25(26,27)28)31-22(34)20(16-9-11-17(36-6)12-10-16)32-21(33)18(29)8-7-13-30-23(35)37-24(3,4)5/h9-12,15,18-20H,7-8,13-14,29H2,1-6H3,(H,30,35)(H,31,34)(H,32,33)/t18-,19+,20?/m0/s1. The second-order valence-corrected chi connectivity index (χ2v) is 10.1. The first-order valence-corrected chi connectivity index (χ1v) is 12.1. The van der Waals surface area contributed by atoms with E-state index in [0.29, 0.717) is 17.7 Å². The van der Waals surface area contributed by atoms with E-state index in [2.05, 4.69) is 16.0 Å². The first kappa shape index (κ1) is 32.0. The second-order valence-electron chi connectivity index (χ2n) is 10.1. The normalized spacial score (nSPS) is 14.4. The van der Waals surface area contributed by atoms with Crippen molar-refractivity contribution in [1.29, 1.82) is 0 Å². The van der Waals surface area contributed by atoms with Gasteiger partial charge in [-0.25, -0.2) is 4.79 Å². The van der Waals surface area contributed by atoms with Crippen molar-refractivity contribution in [3.05, 3.63) is 29.8 Å². The van der Waals surface area contributed by atoms with Crippen molar-refractivity contribution in [3.8, 4) is 5.75 Å². The zero-order valence-electron chi connectivity index (χ0n) is 22.2. The van der Waals surface area contributed by atoms with Crippen molar-refractivity contribution in [1.82, 2.24) is 16.0 Å². The van der Waals surface area contributed by atoms with Gasteiger partial charge in [-0.1, -0.05) is 26.0 Å². The maximum Gasteiger partial charge on any atom is 0.407 e. The number of rotatable bonds is 12. The highest BCUT2D eigenvalue weighted by atomic mass is 19.4. The summed E-state index contributed by atoms with van der Waals surface area (Å²) in [5.74, 6) is -1.46. The monoisotopic (exact) mass is 532 g/mol. The Hall–Kier alpha value is -3.02. The molecule has 3 amide bonds. The first-order chi connectivity index (χ1) is 17.0. The lowest BCUT2D eigenvalue weighted by atomic mass is 9.98. The van der Waals surface area contributed by atoms with Gasteiger partial charge in [0, 0.05) is 12.6 Å². The van der Waals surface area contributed by atoms with E-state index in [9.17, 15) is 27.6 Å². The van der Waals surface area contributed by atoms with Crippen LogP contribution < -0.4 is 26.4 Å². The molecule has 0 spiro atoms. The van der Waals surface area contributed by atoms with Gasteiger partial charge >= 0.3 is 12.3 Å². The number of alkyl carbamates (subject to hydrolysis) is 1. The Labute approximate surface area is 216 Å². The molecule has 37 heavy (non-hydrogen) atoms. The summed E-state index contributed by atoms with van der Waals surface area (Å²) in [5.41, 5.74) is 5.68. The van der Waals surface area contributed by atoms with Gasteiger partial charge in [0.2, 0.25) is 11.8 Å². The maximum absolute atomic E-state index is 13.1. The van der Waals surface area contributed by atoms with Crippen LogP contribution in [0.25, 0.3) is 0 Å². The molecule has 0 aliphatic heterocycles. The minimum absolute atomic E-state index is 0.182. The Morgan fingerprint density at radius 3 is 2.08 bits per heavy atom. The number of nitrogens with one attached hydrogen (secondary N) is 3. The molecule has 3 atom stereocenters. The summed E-state index contributed by atoms with van der Waals surface area (Å²) in [5, 5.41) is 7.53. The SMILES string of the molecule is COc1ccc(C(NC(=O)[C@@H](N)CCCNC(=O)OC(C)(C)C)C(=O)N[C@H](CC(F)(F)F)C(C)C)cc1. The molecular weight excluding hydrogens is 493 g/mol. The van der Waals surface area contributed by atoms with Crippen LogP contribution in [0.1, 0.15) is 65.5 Å². The summed E-state index contributed by atoms with van der Waals surface area (Å²) in [6.45, 7) is 8.54. The van der Waals surface area contributed by atoms with Crippen molar-refractivity contribution in [2.24, 2.45) is 11.7 Å². The van der Waals surface area contributed by atoms with Gasteiger partial charge in [-0.2, -0.15) is 13.2 Å². The van der Waals surface area contributed by atoms with Crippen LogP contribution in [0.15, 0.2) is 24.3 Å². The van der Waals surface area contributed by atoms with E-state index in [0.717, 1.165) is 0 Å². The second kappa shape index (κ2) is 14.1. The molecule has 12 heteroatoms. The molecule has 1 rings (SSSR count). The van der Waals surface area contributed by atoms with Crippen LogP contribution in [-0.2, 0) is 14.3 Å². The van der Waals surface area contributed by atoms with Gasteiger partial charge in [-0.15, -0.1) is 0 Å². The number of amides is 3. The van der Waals surface area contributed by atoms with Crippen molar-refractivity contribution in [2.45, 2.75) is 83.8 Å². The van der Waals surface area contributed by atoms with Crippen LogP contribution in [0.2, 0.25) is 0 Å². The smallest absolute Gasteiger partial charge is 0.407 e. The topological polar surface area (TPSA) is 132 Å². The molecule has 0 saturated heterocycles. The lowest BCUT2D eigenvalue weighted by molar-refractivity contribution is -0.146. The molecule has 0 bridgehead atoms. The van der Waals surface area contributed by atoms with Crippen molar-refractivity contribution in [2.75, 3.05) is 13.7 Å². The molecule has 0 heterocycles. The Morgan fingerprint density at radius 1 is 1.00 bits per heavy atom. The van der Waals surface area contributed by atoms with E-state index in [-0.39, 0.29) is 13.0 Å². The lowest BCUT2D eigenvalue weighted by Gasteiger charge is -2.27. The van der Waals surface area contributed by atoms with Crippen LogP contribution in [0, 0.1) is 5.92 Å². The van der Waals surface area contributed by atoms with Gasteiger partial charge in [0.25, 0.3) is 0 Å². The third-order valence-corrected chi connectivity index (χ3v) is 5.28. The predicted molar refractivity (Wildman–Crippen MR) is 133 cm³/mol. The predicted octanol–water partition coefficient (Wildman–Crippen LogP) is 3.58. The lowest BCUT2D eigenvalue weighted by Crippen LogP contribution is -2.50. The van der Waals surface area contributed by atoms with Crippen LogP contribution in [-0.4, -0.2) is 55.4 Å². The van der Waals surface area contributed by atoms with Crippen molar-refractivity contribution < 1.29 is 37.0 Å². The number of hydrogen-bond acceptors (Lipinski definition) is 6. The number of nitrogens with two attached hydrogens (primary N) is 1. The van der Waals surface area contributed by atoms with Crippen molar-refractivity contribution in [3.63, 3.8) is 0 Å². The van der Waals surface area contributed by atoms with Gasteiger partial charge in [0.05, 0.1) is 19.6 Å². The minimum atomic E-state index is -4.48. The molecule has 1 unspecified atom stereocenters. The van der Waals surface area contributed by atoms with Crippen LogP contribution in [0.4, 0.5) is 18.0 Å². The molecule has 5 N–H and O–H groups in total. The first-order valence-electron chi connectivity index (χ1n) is 12.1. The fourth-order valence-electron chi connectivity index (χ4n) is 3.27. The van der Waals surface area contributed by atoms with Crippen LogP contribution in [0.3, 0.4) is 0 Å². The Bertz CT molecular complexity index is 886. The Morgan fingerprint density at radius 2 is 1.59 bits per heavy atom.